The normalized spacial score (nSPS) is 11.5. The van der Waals surface area contributed by atoms with Crippen LogP contribution in [0.4, 0.5) is 0 Å². The summed E-state index contributed by atoms with van der Waals surface area (Å²) in [4.78, 5) is 29.5. The number of carbonyl (C=O) groups excluding carboxylic acids is 1. The van der Waals surface area contributed by atoms with Crippen LogP contribution in [0.1, 0.15) is 22.2 Å². The largest absolute Gasteiger partial charge is 0.462 e. The highest BCUT2D eigenvalue weighted by molar-refractivity contribution is 7.61. The lowest BCUT2D eigenvalue weighted by molar-refractivity contribution is 0.0533. The van der Waals surface area contributed by atoms with Gasteiger partial charge in [-0.3, -0.25) is 4.57 Å². The maximum absolute atomic E-state index is 11.4. The minimum absolute atomic E-state index is 0.0114. The first-order valence-corrected chi connectivity index (χ1v) is 6.68. The van der Waals surface area contributed by atoms with Gasteiger partial charge in [0, 0.05) is 0 Å². The maximum atomic E-state index is 11.4. The van der Waals surface area contributed by atoms with Crippen molar-refractivity contribution in [1.82, 2.24) is 0 Å². The van der Waals surface area contributed by atoms with E-state index in [0.29, 0.717) is 5.56 Å². The number of hydrogen-bond donors (Lipinski definition) is 2. The summed E-state index contributed by atoms with van der Waals surface area (Å²) in [6.07, 6.45) is 0. The van der Waals surface area contributed by atoms with Crippen molar-refractivity contribution in [1.29, 1.82) is 0 Å². The van der Waals surface area contributed by atoms with E-state index in [-0.39, 0.29) is 16.8 Å². The molecule has 1 aromatic rings. The molecule has 1 heterocycles. The third-order valence-electron chi connectivity index (χ3n) is 1.69. The van der Waals surface area contributed by atoms with Gasteiger partial charge >= 0.3 is 13.6 Å². The lowest BCUT2D eigenvalue weighted by atomic mass is 10.3. The molecule has 1 rings (SSSR count). The van der Waals surface area contributed by atoms with Gasteiger partial charge in [-0.15, -0.1) is 11.3 Å². The van der Waals surface area contributed by atoms with Gasteiger partial charge in [-0.1, -0.05) is 0 Å². The molecule has 15 heavy (non-hydrogen) atoms. The lowest BCUT2D eigenvalue weighted by Crippen LogP contribution is -2.16. The van der Waals surface area contributed by atoms with E-state index in [4.69, 9.17) is 14.5 Å². The van der Waals surface area contributed by atoms with Crippen LogP contribution >= 0.6 is 18.9 Å². The topological polar surface area (TPSA) is 83.8 Å². The molecular weight excluding hydrogens is 239 g/mol. The quantitative estimate of drug-likeness (QED) is 0.618. The standard InChI is InChI=1S/C8H11O5PS/c1-3-13-8(9)7-6(14(10,11)12)5(2)4-15-7/h4H,3H2,1-2H3,(H2,10,11,12). The van der Waals surface area contributed by atoms with Crippen LogP contribution in [-0.2, 0) is 9.30 Å². The Kier molecular flexibility index (Phi) is 3.67. The Morgan fingerprint density at radius 2 is 2.20 bits per heavy atom. The Labute approximate surface area is 90.9 Å². The molecule has 0 aliphatic heterocycles. The van der Waals surface area contributed by atoms with E-state index in [9.17, 15) is 9.36 Å². The minimum Gasteiger partial charge on any atom is -0.462 e. The summed E-state index contributed by atoms with van der Waals surface area (Å²) < 4.78 is 15.8. The van der Waals surface area contributed by atoms with Gasteiger partial charge in [-0.25, -0.2) is 4.79 Å². The predicted molar refractivity (Wildman–Crippen MR) is 56.7 cm³/mol. The maximum Gasteiger partial charge on any atom is 0.358 e. The Balaban J connectivity index is 3.21. The van der Waals surface area contributed by atoms with Gasteiger partial charge < -0.3 is 14.5 Å². The molecule has 0 saturated heterocycles. The molecule has 5 nitrogen and oxygen atoms in total. The van der Waals surface area contributed by atoms with E-state index in [1.807, 2.05) is 0 Å². The van der Waals surface area contributed by atoms with Crippen molar-refractivity contribution in [3.63, 3.8) is 0 Å². The lowest BCUT2D eigenvalue weighted by Gasteiger charge is -2.06. The molecule has 0 spiro atoms. The average Bonchev–Trinajstić information content (AvgIpc) is 2.46. The molecule has 2 N–H and O–H groups in total. The third-order valence-corrected chi connectivity index (χ3v) is 4.08. The van der Waals surface area contributed by atoms with Crippen molar-refractivity contribution in [2.45, 2.75) is 13.8 Å². The van der Waals surface area contributed by atoms with Gasteiger partial charge in [-0.2, -0.15) is 0 Å². The van der Waals surface area contributed by atoms with Crippen LogP contribution in [0.5, 0.6) is 0 Å². The zero-order valence-corrected chi connectivity index (χ0v) is 9.97. The number of thiophene rings is 1. The van der Waals surface area contributed by atoms with Crippen LogP contribution in [0.15, 0.2) is 5.38 Å². The number of esters is 1. The van der Waals surface area contributed by atoms with Crippen LogP contribution in [-0.4, -0.2) is 22.4 Å². The molecule has 1 aromatic heterocycles. The molecule has 0 radical (unpaired) electrons. The highest BCUT2D eigenvalue weighted by Crippen LogP contribution is 2.38. The monoisotopic (exact) mass is 250 g/mol. The predicted octanol–water partition coefficient (Wildman–Crippen LogP) is 1.04. The van der Waals surface area contributed by atoms with Crippen molar-refractivity contribution in [2.75, 3.05) is 6.61 Å². The second-order valence-corrected chi connectivity index (χ2v) is 5.28. The molecule has 0 fully saturated rings. The van der Waals surface area contributed by atoms with Crippen molar-refractivity contribution in [3.8, 4) is 0 Å². The fourth-order valence-corrected chi connectivity index (χ4v) is 3.46. The van der Waals surface area contributed by atoms with Crippen LogP contribution in [0, 0.1) is 6.92 Å². The molecule has 0 unspecified atom stereocenters. The summed E-state index contributed by atoms with van der Waals surface area (Å²) in [6.45, 7) is 3.36. The average molecular weight is 250 g/mol. The summed E-state index contributed by atoms with van der Waals surface area (Å²) in [5, 5.41) is 1.31. The molecule has 0 bridgehead atoms. The van der Waals surface area contributed by atoms with E-state index in [0.717, 1.165) is 11.3 Å². The Morgan fingerprint density at radius 3 is 2.67 bits per heavy atom. The van der Waals surface area contributed by atoms with Gasteiger partial charge in [0.1, 0.15) is 4.88 Å². The summed E-state index contributed by atoms with van der Waals surface area (Å²) >= 11 is 0.984. The fourth-order valence-electron chi connectivity index (χ4n) is 1.14. The molecule has 84 valence electrons. The first kappa shape index (κ1) is 12.4. The molecule has 0 atom stereocenters. The van der Waals surface area contributed by atoms with Crippen LogP contribution < -0.4 is 5.30 Å². The molecule has 7 heteroatoms. The van der Waals surface area contributed by atoms with Crippen molar-refractivity contribution < 1.29 is 23.9 Å². The molecule has 0 aromatic carbocycles. The highest BCUT2D eigenvalue weighted by atomic mass is 32.1. The van der Waals surface area contributed by atoms with Gasteiger partial charge in [0.25, 0.3) is 0 Å². The molecule has 0 aliphatic rings. The van der Waals surface area contributed by atoms with E-state index in [2.05, 4.69) is 0 Å². The number of rotatable bonds is 3. The first-order valence-electron chi connectivity index (χ1n) is 4.19. The second-order valence-electron chi connectivity index (χ2n) is 2.86. The van der Waals surface area contributed by atoms with Crippen molar-refractivity contribution in [3.05, 3.63) is 15.8 Å². The molecule has 0 amide bonds. The number of hydrogen-bond acceptors (Lipinski definition) is 4. The molecule has 0 aliphatic carbocycles. The number of ether oxygens (including phenoxy) is 1. The zero-order chi connectivity index (χ0) is 11.6. The minimum atomic E-state index is -4.41. The molecular formula is C8H11O5PS. The second kappa shape index (κ2) is 4.45. The summed E-state index contributed by atoms with van der Waals surface area (Å²) in [6, 6.07) is 0. The van der Waals surface area contributed by atoms with Gasteiger partial charge in [0.2, 0.25) is 0 Å². The number of aryl methyl sites for hydroxylation is 1. The third kappa shape index (κ3) is 2.66. The SMILES string of the molecule is CCOC(=O)c1scc(C)c1P(=O)(O)O. The number of carbonyl (C=O) groups is 1. The van der Waals surface area contributed by atoms with Gasteiger partial charge in [-0.05, 0) is 24.8 Å². The van der Waals surface area contributed by atoms with E-state index in [1.54, 1.807) is 13.8 Å². The van der Waals surface area contributed by atoms with Crippen LogP contribution in [0.2, 0.25) is 0 Å². The van der Waals surface area contributed by atoms with Gasteiger partial charge in [0.15, 0.2) is 0 Å². The van der Waals surface area contributed by atoms with E-state index in [1.165, 1.54) is 5.38 Å². The fraction of sp³-hybridized carbons (Fsp3) is 0.375. The summed E-state index contributed by atoms with van der Waals surface area (Å²) in [5.74, 6) is -0.686. The van der Waals surface area contributed by atoms with Crippen LogP contribution in [0.3, 0.4) is 0 Å². The van der Waals surface area contributed by atoms with E-state index < -0.39 is 13.6 Å². The van der Waals surface area contributed by atoms with Crippen molar-refractivity contribution in [2.24, 2.45) is 0 Å². The van der Waals surface area contributed by atoms with Gasteiger partial charge in [0.05, 0.1) is 11.9 Å². The van der Waals surface area contributed by atoms with Crippen molar-refractivity contribution >= 4 is 30.2 Å². The molecule has 0 saturated carbocycles. The van der Waals surface area contributed by atoms with E-state index >= 15 is 0 Å². The Morgan fingerprint density at radius 1 is 1.60 bits per heavy atom. The summed E-state index contributed by atoms with van der Waals surface area (Å²) in [5.41, 5.74) is 0.413. The highest BCUT2D eigenvalue weighted by Gasteiger charge is 2.29. The Bertz CT molecular complexity index is 419. The first-order chi connectivity index (χ1) is 6.88. The zero-order valence-electron chi connectivity index (χ0n) is 8.26. The van der Waals surface area contributed by atoms with Crippen LogP contribution in [0.25, 0.3) is 0 Å². The smallest absolute Gasteiger partial charge is 0.358 e. The summed E-state index contributed by atoms with van der Waals surface area (Å²) in [7, 11) is -4.41. The Hall–Kier alpha value is -0.680.